The maximum absolute atomic E-state index is 14.7. The number of hydrogen-bond acceptors (Lipinski definition) is 5. The molecule has 0 saturated carbocycles. The number of benzene rings is 2. The molecule has 2 amide bonds. The first-order valence-corrected chi connectivity index (χ1v) is 11.4. The molecule has 2 aromatic carbocycles. The molecule has 4 aromatic rings. The van der Waals surface area contributed by atoms with Gasteiger partial charge in [-0.15, -0.1) is 0 Å². The van der Waals surface area contributed by atoms with Crippen LogP contribution >= 0.6 is 0 Å². The van der Waals surface area contributed by atoms with Crippen LogP contribution < -0.4 is 20.3 Å². The highest BCUT2D eigenvalue weighted by Crippen LogP contribution is 2.28. The van der Waals surface area contributed by atoms with Gasteiger partial charge in [-0.1, -0.05) is 6.07 Å². The Morgan fingerprint density at radius 2 is 1.86 bits per heavy atom. The van der Waals surface area contributed by atoms with Gasteiger partial charge in [-0.25, -0.2) is 9.18 Å². The van der Waals surface area contributed by atoms with Crippen molar-refractivity contribution in [1.82, 2.24) is 14.8 Å². The summed E-state index contributed by atoms with van der Waals surface area (Å²) < 4.78 is 22.2. The van der Waals surface area contributed by atoms with Crippen LogP contribution in [0.5, 0.6) is 11.5 Å². The Morgan fingerprint density at radius 1 is 1.03 bits per heavy atom. The number of nitrogens with one attached hydrogen (secondary N) is 2. The second-order valence-electron chi connectivity index (χ2n) is 8.35. The predicted molar refractivity (Wildman–Crippen MR) is 133 cm³/mol. The summed E-state index contributed by atoms with van der Waals surface area (Å²) in [5, 5.41) is 9.47. The van der Waals surface area contributed by atoms with E-state index >= 15 is 0 Å². The zero-order valence-corrected chi connectivity index (χ0v) is 19.2. The van der Waals surface area contributed by atoms with Crippen molar-refractivity contribution in [2.45, 2.75) is 12.8 Å². The molecule has 178 valence electrons. The third-order valence-electron chi connectivity index (χ3n) is 5.73. The minimum atomic E-state index is -0.606. The molecule has 2 aromatic heterocycles. The van der Waals surface area contributed by atoms with Crippen LogP contribution in [-0.4, -0.2) is 33.9 Å². The van der Waals surface area contributed by atoms with E-state index in [1.807, 2.05) is 31.4 Å². The Balaban J connectivity index is 1.22. The fourth-order valence-electron chi connectivity index (χ4n) is 4.02. The number of aryl methyl sites for hydroxylation is 1. The lowest BCUT2D eigenvalue weighted by Gasteiger charge is -2.18. The highest BCUT2D eigenvalue weighted by Gasteiger charge is 2.14. The van der Waals surface area contributed by atoms with Crippen molar-refractivity contribution in [2.75, 3.05) is 28.6 Å². The number of amides is 2. The largest absolute Gasteiger partial charge is 0.457 e. The summed E-state index contributed by atoms with van der Waals surface area (Å²) in [6, 6.07) is 14.9. The van der Waals surface area contributed by atoms with Crippen LogP contribution in [0.4, 0.5) is 26.2 Å². The summed E-state index contributed by atoms with van der Waals surface area (Å²) in [6.07, 6.45) is 7.51. The van der Waals surface area contributed by atoms with Crippen molar-refractivity contribution < 1.29 is 13.9 Å². The Labute approximate surface area is 202 Å². The van der Waals surface area contributed by atoms with Gasteiger partial charge < -0.3 is 20.3 Å². The van der Waals surface area contributed by atoms with Crippen LogP contribution in [-0.2, 0) is 7.05 Å². The lowest BCUT2D eigenvalue weighted by molar-refractivity contribution is 0.262. The van der Waals surface area contributed by atoms with Gasteiger partial charge in [0, 0.05) is 61.6 Å². The average molecular weight is 473 g/mol. The van der Waals surface area contributed by atoms with E-state index in [1.54, 1.807) is 41.3 Å². The lowest BCUT2D eigenvalue weighted by Crippen LogP contribution is -2.21. The summed E-state index contributed by atoms with van der Waals surface area (Å²) in [6.45, 7) is 2.03. The normalized spacial score (nSPS) is 13.0. The lowest BCUT2D eigenvalue weighted by atomic mass is 10.2. The Bertz CT molecular complexity index is 1350. The summed E-state index contributed by atoms with van der Waals surface area (Å²) in [5.41, 5.74) is 3.31. The molecular weight excluding hydrogens is 447 g/mol. The van der Waals surface area contributed by atoms with Crippen molar-refractivity contribution in [2.24, 2.45) is 7.05 Å². The molecule has 2 N–H and O–H groups in total. The molecule has 1 fully saturated rings. The first-order chi connectivity index (χ1) is 17.0. The maximum atomic E-state index is 14.7. The second kappa shape index (κ2) is 9.84. The van der Waals surface area contributed by atoms with Gasteiger partial charge in [0.25, 0.3) is 0 Å². The number of carbonyl (C=O) groups is 1. The summed E-state index contributed by atoms with van der Waals surface area (Å²) in [7, 11) is 1.83. The van der Waals surface area contributed by atoms with Crippen LogP contribution in [0.2, 0.25) is 0 Å². The monoisotopic (exact) mass is 472 g/mol. The van der Waals surface area contributed by atoms with Gasteiger partial charge in [-0.05, 0) is 49.2 Å². The summed E-state index contributed by atoms with van der Waals surface area (Å²) in [5.74, 6) is 0.203. The van der Waals surface area contributed by atoms with Gasteiger partial charge in [0.15, 0.2) is 0 Å². The number of pyridine rings is 1. The first kappa shape index (κ1) is 22.4. The van der Waals surface area contributed by atoms with E-state index in [0.29, 0.717) is 22.9 Å². The third kappa shape index (κ3) is 5.40. The smallest absolute Gasteiger partial charge is 0.323 e. The van der Waals surface area contributed by atoms with Crippen molar-refractivity contribution in [3.05, 3.63) is 79.0 Å². The van der Waals surface area contributed by atoms with Crippen molar-refractivity contribution in [3.63, 3.8) is 0 Å². The molecule has 0 bridgehead atoms. The van der Waals surface area contributed by atoms with Crippen LogP contribution in [0, 0.1) is 5.82 Å². The zero-order chi connectivity index (χ0) is 24.2. The van der Waals surface area contributed by atoms with Crippen LogP contribution in [0.25, 0.3) is 11.3 Å². The molecular formula is C26H25FN6O2. The van der Waals surface area contributed by atoms with Crippen molar-refractivity contribution >= 4 is 23.1 Å². The molecule has 35 heavy (non-hydrogen) atoms. The van der Waals surface area contributed by atoms with Gasteiger partial charge in [0.05, 0.1) is 17.6 Å². The molecule has 0 unspecified atom stereocenters. The molecule has 1 saturated heterocycles. The van der Waals surface area contributed by atoms with Crippen LogP contribution in [0.3, 0.4) is 0 Å². The number of carbonyl (C=O) groups excluding carboxylic acids is 1. The van der Waals surface area contributed by atoms with Gasteiger partial charge in [-0.3, -0.25) is 9.67 Å². The molecule has 1 aliphatic heterocycles. The average Bonchev–Trinajstić information content (AvgIpc) is 3.54. The fourth-order valence-corrected chi connectivity index (χ4v) is 4.02. The van der Waals surface area contributed by atoms with E-state index in [9.17, 15) is 9.18 Å². The van der Waals surface area contributed by atoms with E-state index in [0.717, 1.165) is 24.3 Å². The molecule has 0 aliphatic carbocycles. The Morgan fingerprint density at radius 3 is 2.63 bits per heavy atom. The quantitative estimate of drug-likeness (QED) is 0.378. The number of aromatic nitrogens is 3. The zero-order valence-electron chi connectivity index (χ0n) is 19.2. The van der Waals surface area contributed by atoms with Gasteiger partial charge in [0.1, 0.15) is 17.3 Å². The summed E-state index contributed by atoms with van der Waals surface area (Å²) >= 11 is 0. The molecule has 0 radical (unpaired) electrons. The van der Waals surface area contributed by atoms with Crippen LogP contribution in [0.15, 0.2) is 73.2 Å². The van der Waals surface area contributed by atoms with E-state index in [2.05, 4.69) is 25.6 Å². The highest BCUT2D eigenvalue weighted by molar-refractivity contribution is 6.00. The minimum absolute atomic E-state index is 0.0522. The predicted octanol–water partition coefficient (Wildman–Crippen LogP) is 5.66. The number of halogens is 1. The van der Waals surface area contributed by atoms with Crippen molar-refractivity contribution in [1.29, 1.82) is 0 Å². The third-order valence-corrected chi connectivity index (χ3v) is 5.73. The second-order valence-corrected chi connectivity index (χ2v) is 8.35. The molecule has 1 aliphatic rings. The molecule has 9 heteroatoms. The molecule has 5 rings (SSSR count). The molecule has 0 spiro atoms. The van der Waals surface area contributed by atoms with E-state index in [4.69, 9.17) is 4.74 Å². The van der Waals surface area contributed by atoms with E-state index in [-0.39, 0.29) is 5.69 Å². The number of anilines is 3. The van der Waals surface area contributed by atoms with Crippen LogP contribution in [0.1, 0.15) is 12.8 Å². The molecule has 0 atom stereocenters. The SMILES string of the molecule is Cn1cc(-c2cc(Oc3ccc(NC(=O)Nc4cccc(N5CCCC5)c4)c(F)c3)ccn2)cn1. The van der Waals surface area contributed by atoms with E-state index < -0.39 is 11.8 Å². The number of rotatable bonds is 6. The highest BCUT2D eigenvalue weighted by atomic mass is 19.1. The number of urea groups is 1. The molecule has 3 heterocycles. The minimum Gasteiger partial charge on any atom is -0.457 e. The number of hydrogen-bond donors (Lipinski definition) is 2. The van der Waals surface area contributed by atoms with Crippen molar-refractivity contribution in [3.8, 4) is 22.8 Å². The maximum Gasteiger partial charge on any atom is 0.323 e. The topological polar surface area (TPSA) is 84.3 Å². The standard InChI is InChI=1S/C26H25FN6O2/c1-32-17-18(16-29-32)25-15-22(9-10-28-25)35-21-7-8-24(23(27)14-21)31-26(34)30-19-5-4-6-20(13-19)33-11-2-3-12-33/h4-10,13-17H,2-3,11-12H2,1H3,(H2,30,31,34). The summed E-state index contributed by atoms with van der Waals surface area (Å²) in [4.78, 5) is 19.1. The number of nitrogens with zero attached hydrogens (tertiary/aromatic N) is 4. The Hall–Kier alpha value is -4.40. The first-order valence-electron chi connectivity index (χ1n) is 11.4. The van der Waals surface area contributed by atoms with E-state index in [1.165, 1.54) is 25.0 Å². The number of ether oxygens (including phenoxy) is 1. The Kier molecular flexibility index (Phi) is 6.30. The van der Waals surface area contributed by atoms with Gasteiger partial charge in [-0.2, -0.15) is 5.10 Å². The fraction of sp³-hybridized carbons (Fsp3) is 0.192. The molecule has 8 nitrogen and oxygen atoms in total. The van der Waals surface area contributed by atoms with Gasteiger partial charge in [0.2, 0.25) is 0 Å². The van der Waals surface area contributed by atoms with Gasteiger partial charge >= 0.3 is 6.03 Å².